The molecular formula is C21H21N3O5S. The molecule has 3 rings (SSSR count). The molecule has 1 aromatic heterocycles. The first-order valence-corrected chi connectivity index (χ1v) is 10.6. The molecule has 0 aliphatic carbocycles. The molecule has 30 heavy (non-hydrogen) atoms. The maximum atomic E-state index is 13.2. The predicted molar refractivity (Wildman–Crippen MR) is 112 cm³/mol. The van der Waals surface area contributed by atoms with E-state index >= 15 is 0 Å². The van der Waals surface area contributed by atoms with Crippen molar-refractivity contribution < 1.29 is 23.2 Å². The zero-order chi connectivity index (χ0) is 21.7. The molecule has 9 heteroatoms. The van der Waals surface area contributed by atoms with Crippen LogP contribution in [0.25, 0.3) is 0 Å². The number of amides is 1. The Kier molecular flexibility index (Phi) is 6.34. The Bertz CT molecular complexity index is 1130. The first-order valence-electron chi connectivity index (χ1n) is 8.97. The van der Waals surface area contributed by atoms with Crippen LogP contribution >= 0.6 is 0 Å². The van der Waals surface area contributed by atoms with Gasteiger partial charge in [0.15, 0.2) is 9.84 Å². The quantitative estimate of drug-likeness (QED) is 0.440. The highest BCUT2D eigenvalue weighted by atomic mass is 32.2. The summed E-state index contributed by atoms with van der Waals surface area (Å²) in [6.45, 7) is 1.75. The van der Waals surface area contributed by atoms with Crippen LogP contribution in [0.3, 0.4) is 0 Å². The van der Waals surface area contributed by atoms with Crippen LogP contribution in [-0.4, -0.2) is 37.5 Å². The minimum absolute atomic E-state index is 0.103. The third-order valence-electron chi connectivity index (χ3n) is 4.50. The van der Waals surface area contributed by atoms with E-state index in [1.165, 1.54) is 36.4 Å². The molecule has 0 atom stereocenters. The fourth-order valence-electron chi connectivity index (χ4n) is 3.05. The van der Waals surface area contributed by atoms with Crippen molar-refractivity contribution in [2.45, 2.75) is 11.8 Å². The van der Waals surface area contributed by atoms with E-state index in [1.54, 1.807) is 54.9 Å². The number of nitrogens with zero attached hydrogens (tertiary/aromatic N) is 2. The third kappa shape index (κ3) is 4.42. The van der Waals surface area contributed by atoms with Crippen LogP contribution in [0.15, 0.2) is 71.8 Å². The van der Waals surface area contributed by atoms with Crippen molar-refractivity contribution >= 4 is 27.2 Å². The van der Waals surface area contributed by atoms with E-state index in [2.05, 4.69) is 4.98 Å². The lowest BCUT2D eigenvalue weighted by molar-refractivity contribution is 0.0707. The van der Waals surface area contributed by atoms with Crippen LogP contribution in [0, 0.1) is 6.92 Å². The largest absolute Gasteiger partial charge is 0.497 e. The van der Waals surface area contributed by atoms with Gasteiger partial charge in [-0.25, -0.2) is 18.9 Å². The maximum Gasteiger partial charge on any atom is 0.276 e. The summed E-state index contributed by atoms with van der Waals surface area (Å²) in [6, 6.07) is 16.0. The van der Waals surface area contributed by atoms with Gasteiger partial charge in [-0.05, 0) is 55.0 Å². The van der Waals surface area contributed by atoms with Gasteiger partial charge in [0.1, 0.15) is 17.4 Å². The monoisotopic (exact) mass is 427 g/mol. The molecule has 2 N–H and O–H groups in total. The van der Waals surface area contributed by atoms with E-state index in [1.807, 2.05) is 0 Å². The van der Waals surface area contributed by atoms with Crippen molar-refractivity contribution in [1.82, 2.24) is 10.5 Å². The highest BCUT2D eigenvalue weighted by Gasteiger charge is 2.26. The number of benzene rings is 2. The Hall–Kier alpha value is -3.43. The molecule has 0 unspecified atom stereocenters. The van der Waals surface area contributed by atoms with Gasteiger partial charge in [0, 0.05) is 6.20 Å². The second-order valence-corrected chi connectivity index (χ2v) is 8.41. The zero-order valence-corrected chi connectivity index (χ0v) is 17.3. The van der Waals surface area contributed by atoms with Crippen LogP contribution in [0.2, 0.25) is 0 Å². The van der Waals surface area contributed by atoms with Gasteiger partial charge in [0.05, 0.1) is 23.3 Å². The number of nitrogens with one attached hydrogen (secondary N) is 1. The fourth-order valence-corrected chi connectivity index (χ4v) is 4.35. The number of hydrogen-bond donors (Lipinski definition) is 2. The van der Waals surface area contributed by atoms with Crippen molar-refractivity contribution in [1.29, 1.82) is 0 Å². The molecule has 2 aromatic carbocycles. The van der Waals surface area contributed by atoms with E-state index in [0.29, 0.717) is 22.8 Å². The average Bonchev–Trinajstić information content (AvgIpc) is 2.77. The Morgan fingerprint density at radius 2 is 1.83 bits per heavy atom. The van der Waals surface area contributed by atoms with Crippen molar-refractivity contribution in [3.63, 3.8) is 0 Å². The minimum atomic E-state index is -3.81. The number of ether oxygens (including phenoxy) is 1. The van der Waals surface area contributed by atoms with Crippen LogP contribution in [0.1, 0.15) is 15.9 Å². The standard InChI is InChI=1S/C21H21N3O5S/c1-15-6-5-7-18(21(25)23-26)20(15)24(19-8-3-4-13-22-19)14-30(27,28)17-11-9-16(29-2)10-12-17/h3-13,26H,14H2,1-2H3,(H,23,25). The van der Waals surface area contributed by atoms with Gasteiger partial charge in [0.2, 0.25) is 0 Å². The van der Waals surface area contributed by atoms with E-state index < -0.39 is 21.6 Å². The number of aryl methyl sites for hydroxylation is 1. The molecule has 0 saturated carbocycles. The summed E-state index contributed by atoms with van der Waals surface area (Å²) in [5, 5.41) is 9.15. The summed E-state index contributed by atoms with van der Waals surface area (Å²) in [4.78, 5) is 18.1. The molecule has 156 valence electrons. The maximum absolute atomic E-state index is 13.2. The fraction of sp³-hybridized carbons (Fsp3) is 0.143. The molecule has 0 bridgehead atoms. The van der Waals surface area contributed by atoms with Gasteiger partial charge in [-0.15, -0.1) is 0 Å². The van der Waals surface area contributed by atoms with Crippen LogP contribution in [-0.2, 0) is 9.84 Å². The minimum Gasteiger partial charge on any atom is -0.497 e. The molecular weight excluding hydrogens is 406 g/mol. The average molecular weight is 427 g/mol. The summed E-state index contributed by atoms with van der Waals surface area (Å²) in [5.41, 5.74) is 2.71. The number of pyridine rings is 1. The number of hydroxylamine groups is 1. The first kappa shape index (κ1) is 21.3. The number of anilines is 2. The number of rotatable bonds is 7. The Labute approximate surface area is 174 Å². The van der Waals surface area contributed by atoms with Gasteiger partial charge in [-0.2, -0.15) is 0 Å². The zero-order valence-electron chi connectivity index (χ0n) is 16.4. The molecule has 1 heterocycles. The van der Waals surface area contributed by atoms with Crippen molar-refractivity contribution in [3.8, 4) is 5.75 Å². The van der Waals surface area contributed by atoms with Gasteiger partial charge in [-0.3, -0.25) is 10.0 Å². The summed E-state index contributed by atoms with van der Waals surface area (Å²) in [6.07, 6.45) is 1.53. The van der Waals surface area contributed by atoms with Gasteiger partial charge in [-0.1, -0.05) is 18.2 Å². The number of aromatic nitrogens is 1. The van der Waals surface area contributed by atoms with Crippen molar-refractivity contribution in [2.24, 2.45) is 0 Å². The Morgan fingerprint density at radius 3 is 2.43 bits per heavy atom. The third-order valence-corrected chi connectivity index (χ3v) is 6.09. The van der Waals surface area contributed by atoms with Crippen LogP contribution < -0.4 is 15.1 Å². The SMILES string of the molecule is COc1ccc(S(=O)(=O)CN(c2ccccn2)c2c(C)cccc2C(=O)NO)cc1. The van der Waals surface area contributed by atoms with Crippen LogP contribution in [0.5, 0.6) is 5.75 Å². The number of carbonyl (C=O) groups is 1. The highest BCUT2D eigenvalue weighted by molar-refractivity contribution is 7.91. The lowest BCUT2D eigenvalue weighted by atomic mass is 10.1. The van der Waals surface area contributed by atoms with Gasteiger partial charge < -0.3 is 9.64 Å². The summed E-state index contributed by atoms with van der Waals surface area (Å²) in [5.74, 6) is -0.337. The van der Waals surface area contributed by atoms with Gasteiger partial charge >= 0.3 is 0 Å². The second kappa shape index (κ2) is 8.93. The number of hydrogen-bond acceptors (Lipinski definition) is 7. The topological polar surface area (TPSA) is 109 Å². The lowest BCUT2D eigenvalue weighted by Crippen LogP contribution is -2.30. The van der Waals surface area contributed by atoms with E-state index in [-0.39, 0.29) is 10.5 Å². The molecule has 0 radical (unpaired) electrons. The van der Waals surface area contributed by atoms with E-state index in [4.69, 9.17) is 9.94 Å². The van der Waals surface area contributed by atoms with Gasteiger partial charge in [0.25, 0.3) is 5.91 Å². The van der Waals surface area contributed by atoms with Crippen molar-refractivity contribution in [3.05, 3.63) is 78.0 Å². The Morgan fingerprint density at radius 1 is 1.10 bits per heavy atom. The second-order valence-electron chi connectivity index (χ2n) is 6.45. The Balaban J connectivity index is 2.13. The molecule has 0 spiro atoms. The van der Waals surface area contributed by atoms with E-state index in [9.17, 15) is 13.2 Å². The predicted octanol–water partition coefficient (Wildman–Crippen LogP) is 3.09. The summed E-state index contributed by atoms with van der Waals surface area (Å²) < 4.78 is 31.5. The summed E-state index contributed by atoms with van der Waals surface area (Å²) in [7, 11) is -2.31. The first-order chi connectivity index (χ1) is 14.4. The molecule has 0 aliphatic rings. The normalized spacial score (nSPS) is 11.0. The molecule has 3 aromatic rings. The number of carbonyl (C=O) groups excluding carboxylic acids is 1. The molecule has 0 fully saturated rings. The molecule has 0 aliphatic heterocycles. The van der Waals surface area contributed by atoms with E-state index in [0.717, 1.165) is 0 Å². The highest BCUT2D eigenvalue weighted by Crippen LogP contribution is 2.32. The molecule has 1 amide bonds. The van der Waals surface area contributed by atoms with Crippen molar-refractivity contribution in [2.75, 3.05) is 17.9 Å². The number of sulfone groups is 1. The molecule has 0 saturated heterocycles. The molecule has 8 nitrogen and oxygen atoms in total. The van der Waals surface area contributed by atoms with Crippen LogP contribution in [0.4, 0.5) is 11.5 Å². The number of methoxy groups -OCH3 is 1. The number of para-hydroxylation sites is 1. The lowest BCUT2D eigenvalue weighted by Gasteiger charge is -2.27. The smallest absolute Gasteiger partial charge is 0.276 e. The summed E-state index contributed by atoms with van der Waals surface area (Å²) >= 11 is 0.